The second kappa shape index (κ2) is 13.7. The summed E-state index contributed by atoms with van der Waals surface area (Å²) in [4.78, 5) is 2.28. The van der Waals surface area contributed by atoms with E-state index in [4.69, 9.17) is 19.3 Å². The van der Waals surface area contributed by atoms with Gasteiger partial charge in [0.2, 0.25) is 5.88 Å². The largest absolute Gasteiger partial charge is 0.497 e. The van der Waals surface area contributed by atoms with Crippen molar-refractivity contribution in [1.29, 1.82) is 0 Å². The van der Waals surface area contributed by atoms with Crippen molar-refractivity contribution >= 4 is 0 Å². The lowest BCUT2D eigenvalue weighted by atomic mass is 10.1. The van der Waals surface area contributed by atoms with Crippen LogP contribution in [0.3, 0.4) is 0 Å². The van der Waals surface area contributed by atoms with E-state index in [1.54, 1.807) is 14.2 Å². The molecule has 3 aromatic rings. The van der Waals surface area contributed by atoms with Crippen LogP contribution in [0.4, 0.5) is 0 Å². The van der Waals surface area contributed by atoms with Crippen molar-refractivity contribution in [3.8, 4) is 28.8 Å². The summed E-state index contributed by atoms with van der Waals surface area (Å²) in [6.07, 6.45) is 4.64. The molecule has 0 aliphatic heterocycles. The van der Waals surface area contributed by atoms with Gasteiger partial charge in [-0.25, -0.2) is 4.68 Å². The molecule has 1 atom stereocenters. The van der Waals surface area contributed by atoms with Crippen LogP contribution in [0.1, 0.15) is 44.4 Å². The van der Waals surface area contributed by atoms with Gasteiger partial charge in [0.25, 0.3) is 0 Å². The second-order valence-electron chi connectivity index (χ2n) is 8.70. The van der Waals surface area contributed by atoms with Gasteiger partial charge in [0.1, 0.15) is 5.75 Å². The Morgan fingerprint density at radius 3 is 2.39 bits per heavy atom. The van der Waals surface area contributed by atoms with Crippen LogP contribution in [0, 0.1) is 0 Å². The van der Waals surface area contributed by atoms with E-state index in [1.165, 1.54) is 0 Å². The highest BCUT2D eigenvalue weighted by Gasteiger charge is 2.24. The smallest absolute Gasteiger partial charge is 0.227 e. The summed E-state index contributed by atoms with van der Waals surface area (Å²) >= 11 is 0. The zero-order chi connectivity index (χ0) is 25.9. The van der Waals surface area contributed by atoms with Crippen LogP contribution in [-0.4, -0.2) is 53.2 Å². The molecule has 194 valence electrons. The zero-order valence-electron chi connectivity index (χ0n) is 21.9. The molecule has 0 unspecified atom stereocenters. The van der Waals surface area contributed by atoms with Crippen LogP contribution in [-0.2, 0) is 13.0 Å². The molecule has 0 saturated heterocycles. The Morgan fingerprint density at radius 1 is 1.06 bits per heavy atom. The van der Waals surface area contributed by atoms with Crippen molar-refractivity contribution in [2.24, 2.45) is 0 Å². The van der Waals surface area contributed by atoms with Gasteiger partial charge in [0, 0.05) is 13.1 Å². The van der Waals surface area contributed by atoms with Gasteiger partial charge >= 0.3 is 0 Å². The van der Waals surface area contributed by atoms with Crippen molar-refractivity contribution in [3.05, 3.63) is 72.4 Å². The maximum absolute atomic E-state index is 10.6. The molecule has 0 saturated carbocycles. The predicted molar refractivity (Wildman–Crippen MR) is 144 cm³/mol. The molecule has 1 heterocycles. The van der Waals surface area contributed by atoms with E-state index in [2.05, 4.69) is 25.3 Å². The minimum Gasteiger partial charge on any atom is -0.497 e. The van der Waals surface area contributed by atoms with Gasteiger partial charge in [0.05, 0.1) is 37.3 Å². The number of para-hydroxylation sites is 2. The minimum atomic E-state index is -0.421. The number of aliphatic hydroxyl groups is 1. The van der Waals surface area contributed by atoms with Crippen LogP contribution in [0.5, 0.6) is 23.1 Å². The van der Waals surface area contributed by atoms with Crippen LogP contribution in [0.2, 0.25) is 0 Å². The second-order valence-corrected chi connectivity index (χ2v) is 8.70. The predicted octanol–water partition coefficient (Wildman–Crippen LogP) is 5.78. The lowest BCUT2D eigenvalue weighted by molar-refractivity contribution is 0.102. The summed E-state index contributed by atoms with van der Waals surface area (Å²) in [5.74, 6) is 2.68. The number of aromatic nitrogens is 2. The van der Waals surface area contributed by atoms with E-state index >= 15 is 0 Å². The molecule has 2 aromatic carbocycles. The highest BCUT2D eigenvalue weighted by molar-refractivity contribution is 5.48. The number of aryl methyl sites for hydroxylation is 1. The summed E-state index contributed by atoms with van der Waals surface area (Å²) in [5, 5.41) is 15.6. The molecular weight excluding hydrogens is 454 g/mol. The third-order valence-corrected chi connectivity index (χ3v) is 6.04. The maximum Gasteiger partial charge on any atom is 0.227 e. The first-order valence-electron chi connectivity index (χ1n) is 12.6. The molecule has 0 radical (unpaired) electrons. The fourth-order valence-corrected chi connectivity index (χ4v) is 4.21. The van der Waals surface area contributed by atoms with E-state index in [9.17, 15) is 5.11 Å². The molecule has 3 rings (SSSR count). The third-order valence-electron chi connectivity index (χ3n) is 6.04. The average molecular weight is 494 g/mol. The number of hydrogen-bond donors (Lipinski definition) is 1. The Morgan fingerprint density at radius 2 is 1.78 bits per heavy atom. The summed E-state index contributed by atoms with van der Waals surface area (Å²) in [6.45, 7) is 10.1. The van der Waals surface area contributed by atoms with Crippen LogP contribution >= 0.6 is 0 Å². The summed E-state index contributed by atoms with van der Waals surface area (Å²) in [5.41, 5.74) is 2.83. The molecule has 0 aliphatic carbocycles. The van der Waals surface area contributed by atoms with Crippen LogP contribution < -0.4 is 14.2 Å². The van der Waals surface area contributed by atoms with Crippen LogP contribution in [0.25, 0.3) is 5.69 Å². The first-order valence-corrected chi connectivity index (χ1v) is 12.6. The minimum absolute atomic E-state index is 0.421. The third kappa shape index (κ3) is 6.89. The number of rotatable bonds is 15. The van der Waals surface area contributed by atoms with Crippen molar-refractivity contribution in [1.82, 2.24) is 14.7 Å². The van der Waals surface area contributed by atoms with E-state index in [-0.39, 0.29) is 0 Å². The first-order chi connectivity index (χ1) is 17.5. The molecule has 0 spiro atoms. The van der Waals surface area contributed by atoms with Crippen molar-refractivity contribution in [3.63, 3.8) is 0 Å². The number of methoxy groups -OCH3 is 2. The van der Waals surface area contributed by atoms with Gasteiger partial charge < -0.3 is 19.3 Å². The average Bonchev–Trinajstić information content (AvgIpc) is 3.24. The maximum atomic E-state index is 10.6. The fraction of sp³-hybridized carbons (Fsp3) is 0.414. The molecule has 1 N–H and O–H groups in total. The SMILES string of the molecule is C=CCC[C@@H](O)CN(CCC)Cc1c(CC)nn(-c2ccc(OC)cc2)c1Oc1ccccc1OC. The Labute approximate surface area is 214 Å². The summed E-state index contributed by atoms with van der Waals surface area (Å²) in [7, 11) is 3.28. The summed E-state index contributed by atoms with van der Waals surface area (Å²) in [6, 6.07) is 15.4. The van der Waals surface area contributed by atoms with Gasteiger partial charge in [-0.3, -0.25) is 4.90 Å². The monoisotopic (exact) mass is 493 g/mol. The topological polar surface area (TPSA) is 69.0 Å². The van der Waals surface area contributed by atoms with Crippen molar-refractivity contribution < 1.29 is 19.3 Å². The van der Waals surface area contributed by atoms with Gasteiger partial charge in [0.15, 0.2) is 11.5 Å². The normalized spacial score (nSPS) is 11.9. The highest BCUT2D eigenvalue weighted by Crippen LogP contribution is 2.36. The van der Waals surface area contributed by atoms with E-state index in [0.717, 1.165) is 48.5 Å². The lowest BCUT2D eigenvalue weighted by Crippen LogP contribution is -2.33. The number of nitrogens with zero attached hydrogens (tertiary/aromatic N) is 3. The van der Waals surface area contributed by atoms with Gasteiger partial charge in [-0.1, -0.05) is 32.1 Å². The van der Waals surface area contributed by atoms with Crippen molar-refractivity contribution in [2.75, 3.05) is 27.3 Å². The number of aliphatic hydroxyl groups excluding tert-OH is 1. The highest BCUT2D eigenvalue weighted by atomic mass is 16.5. The lowest BCUT2D eigenvalue weighted by Gasteiger charge is -2.25. The molecule has 0 aliphatic rings. The molecule has 7 nitrogen and oxygen atoms in total. The summed E-state index contributed by atoms with van der Waals surface area (Å²) < 4.78 is 19.3. The molecule has 0 amide bonds. The number of benzene rings is 2. The zero-order valence-corrected chi connectivity index (χ0v) is 21.9. The van der Waals surface area contributed by atoms with E-state index < -0.39 is 6.10 Å². The Hall–Kier alpha value is -3.29. The Bertz CT molecular complexity index is 1090. The van der Waals surface area contributed by atoms with Gasteiger partial charge in [-0.15, -0.1) is 6.58 Å². The molecule has 36 heavy (non-hydrogen) atoms. The first kappa shape index (κ1) is 27.3. The molecule has 7 heteroatoms. The quantitative estimate of drug-likeness (QED) is 0.271. The van der Waals surface area contributed by atoms with Crippen LogP contribution in [0.15, 0.2) is 61.2 Å². The number of allylic oxidation sites excluding steroid dienone is 1. The fourth-order valence-electron chi connectivity index (χ4n) is 4.21. The number of hydrogen-bond acceptors (Lipinski definition) is 6. The van der Waals surface area contributed by atoms with Gasteiger partial charge in [-0.2, -0.15) is 5.10 Å². The van der Waals surface area contributed by atoms with Gasteiger partial charge in [-0.05, 0) is 68.6 Å². The van der Waals surface area contributed by atoms with E-state index in [0.29, 0.717) is 36.9 Å². The Kier molecular flexibility index (Phi) is 10.4. The van der Waals surface area contributed by atoms with E-state index in [1.807, 2.05) is 59.3 Å². The molecule has 0 bridgehead atoms. The Balaban J connectivity index is 2.06. The molecule has 0 fully saturated rings. The molecular formula is C29H39N3O4. The molecule has 1 aromatic heterocycles. The number of ether oxygens (including phenoxy) is 3. The standard InChI is InChI=1S/C29H39N3O4/c1-6-9-12-23(33)20-31(19-7-2)21-25-26(8-3)30-32(22-15-17-24(34-4)18-16-22)29(25)36-28-14-11-10-13-27(28)35-5/h6,10-11,13-18,23,33H,1,7-9,12,19-21H2,2-5H3/t23-/m1/s1. The van der Waals surface area contributed by atoms with Crippen molar-refractivity contribution in [2.45, 2.75) is 52.2 Å².